The van der Waals surface area contributed by atoms with E-state index in [0.717, 1.165) is 0 Å². The molecule has 0 radical (unpaired) electrons. The maximum absolute atomic E-state index is 10.1. The number of aliphatic hydroxyl groups is 9. The minimum absolute atomic E-state index is 0. The molecule has 11 N–H and O–H groups in total. The first kappa shape index (κ1) is 35.6. The van der Waals surface area contributed by atoms with Crippen molar-refractivity contribution >= 4 is 56.0 Å². The number of aliphatic carboxylic acids is 2. The van der Waals surface area contributed by atoms with Gasteiger partial charge in [0.2, 0.25) is 0 Å². The standard InChI is InChI=1S/C6H10O8.C6H12O6.Ca.Zn.2H/c7-1(3(9)5(11)12)2(8)4(10)6(13)14;7-1-3(9)5(11)6(12)4(10)2-8;;;;/h1-4,7-10H,(H,11,12)(H,13,14);1,3-6,8-12H,2H2;;;;/q;;+2;;2*-1. The summed E-state index contributed by atoms with van der Waals surface area (Å²) in [5.41, 5.74) is 0. The second-order valence-electron chi connectivity index (χ2n) is 4.91. The minimum atomic E-state index is -2.36. The quantitative estimate of drug-likeness (QED) is 0.0988. The smallest absolute Gasteiger partial charge is 1.00 e. The zero-order chi connectivity index (χ0) is 21.2. The van der Waals surface area contributed by atoms with Crippen LogP contribution in [0.25, 0.3) is 0 Å². The van der Waals surface area contributed by atoms with Gasteiger partial charge in [-0.2, -0.15) is 0 Å². The van der Waals surface area contributed by atoms with Crippen LogP contribution in [0.4, 0.5) is 0 Å². The van der Waals surface area contributed by atoms with Crippen LogP contribution in [0.15, 0.2) is 0 Å². The predicted molar refractivity (Wildman–Crippen MR) is 84.5 cm³/mol. The van der Waals surface area contributed by atoms with E-state index in [-0.39, 0.29) is 66.4 Å². The molecule has 0 heterocycles. The van der Waals surface area contributed by atoms with Gasteiger partial charge in [-0.3, -0.25) is 0 Å². The van der Waals surface area contributed by atoms with Crippen molar-refractivity contribution in [2.45, 2.75) is 48.8 Å². The molecule has 0 rings (SSSR count). The third-order valence-corrected chi connectivity index (χ3v) is 2.92. The van der Waals surface area contributed by atoms with Crippen LogP contribution >= 0.6 is 0 Å². The Bertz CT molecular complexity index is 441. The summed E-state index contributed by atoms with van der Waals surface area (Å²) in [5, 5.41) is 95.0. The number of carboxylic acids is 2. The number of carboxylic acid groups (broad SMARTS) is 2. The molecule has 0 aromatic heterocycles. The fourth-order valence-electron chi connectivity index (χ4n) is 1.28. The second-order valence-corrected chi connectivity index (χ2v) is 4.91. The van der Waals surface area contributed by atoms with Crippen molar-refractivity contribution in [3.05, 3.63) is 0 Å². The molecule has 28 heavy (non-hydrogen) atoms. The Balaban J connectivity index is -0.0000000854. The molecule has 0 bridgehead atoms. The van der Waals surface area contributed by atoms with Crippen LogP contribution in [0, 0.1) is 0 Å². The molecular weight excluding hydrogens is 474 g/mol. The predicted octanol–water partition coefficient (Wildman–Crippen LogP) is -6.94. The average molecular weight is 498 g/mol. The van der Waals surface area contributed by atoms with Gasteiger partial charge in [-0.15, -0.1) is 0 Å². The van der Waals surface area contributed by atoms with E-state index in [9.17, 15) is 14.4 Å². The summed E-state index contributed by atoms with van der Waals surface area (Å²) in [6, 6.07) is 0. The summed E-state index contributed by atoms with van der Waals surface area (Å²) < 4.78 is 0. The van der Waals surface area contributed by atoms with Crippen LogP contribution in [0.2, 0.25) is 0 Å². The number of carbonyl (C=O) groups excluding carboxylic acids is 1. The van der Waals surface area contributed by atoms with Gasteiger partial charge in [-0.1, -0.05) is 0 Å². The van der Waals surface area contributed by atoms with Gasteiger partial charge in [0.05, 0.1) is 6.61 Å². The van der Waals surface area contributed by atoms with Crippen molar-refractivity contribution < 1.29 is 92.9 Å². The molecule has 0 aromatic carbocycles. The van der Waals surface area contributed by atoms with E-state index in [1.807, 2.05) is 0 Å². The average Bonchev–Trinajstić information content (AvgIpc) is 2.62. The van der Waals surface area contributed by atoms with Crippen molar-refractivity contribution in [1.29, 1.82) is 0 Å². The van der Waals surface area contributed by atoms with E-state index in [1.165, 1.54) is 0 Å². The molecule has 0 fully saturated rings. The van der Waals surface area contributed by atoms with Crippen molar-refractivity contribution in [2.24, 2.45) is 0 Å². The van der Waals surface area contributed by atoms with E-state index >= 15 is 0 Å². The normalized spacial score (nSPS) is 18.8. The van der Waals surface area contributed by atoms with Crippen LogP contribution in [0.1, 0.15) is 2.85 Å². The Morgan fingerprint density at radius 3 is 1.29 bits per heavy atom. The first-order valence-corrected chi connectivity index (χ1v) is 6.79. The molecule has 0 saturated carbocycles. The summed E-state index contributed by atoms with van der Waals surface area (Å²) in [4.78, 5) is 30.1. The first-order chi connectivity index (χ1) is 11.8. The number of hydrogen-bond donors (Lipinski definition) is 11. The summed E-state index contributed by atoms with van der Waals surface area (Å²) in [7, 11) is 0. The SMILES string of the molecule is O=C(O)C(O)C(O)C(O)C(O)C(=O)O.O=CC(O)C(O)C(O)C(O)CO.[Ca+2].[H-].[H-].[Zn]. The molecule has 0 aliphatic carbocycles. The first-order valence-electron chi connectivity index (χ1n) is 6.79. The molecule has 8 unspecified atom stereocenters. The Labute approximate surface area is 203 Å². The summed E-state index contributed by atoms with van der Waals surface area (Å²) >= 11 is 0. The van der Waals surface area contributed by atoms with E-state index in [0.29, 0.717) is 0 Å². The number of aldehydes is 1. The Morgan fingerprint density at radius 2 is 1.07 bits per heavy atom. The Morgan fingerprint density at radius 1 is 0.750 bits per heavy atom. The third-order valence-electron chi connectivity index (χ3n) is 2.92. The van der Waals surface area contributed by atoms with E-state index in [1.54, 1.807) is 0 Å². The minimum Gasteiger partial charge on any atom is -1.00 e. The van der Waals surface area contributed by atoms with Crippen LogP contribution in [-0.4, -0.2) is 168 Å². The van der Waals surface area contributed by atoms with E-state index < -0.39 is 67.4 Å². The maximum atomic E-state index is 10.1. The van der Waals surface area contributed by atoms with Crippen LogP contribution in [-0.2, 0) is 33.9 Å². The van der Waals surface area contributed by atoms with Crippen LogP contribution < -0.4 is 0 Å². The van der Waals surface area contributed by atoms with Gasteiger partial charge in [0.15, 0.2) is 18.5 Å². The van der Waals surface area contributed by atoms with Gasteiger partial charge >= 0.3 is 49.7 Å². The fourth-order valence-corrected chi connectivity index (χ4v) is 1.28. The van der Waals surface area contributed by atoms with Gasteiger partial charge in [-0.05, 0) is 0 Å². The maximum Gasteiger partial charge on any atom is 2.00 e. The molecule has 14 nitrogen and oxygen atoms in total. The Kier molecular flexibility index (Phi) is 22.8. The summed E-state index contributed by atoms with van der Waals surface area (Å²) in [6.45, 7) is -0.760. The number of hydrogen-bond acceptors (Lipinski definition) is 12. The molecule has 8 atom stereocenters. The van der Waals surface area contributed by atoms with Crippen LogP contribution in [0.3, 0.4) is 0 Å². The monoisotopic (exact) mass is 496 g/mol. The Hall–Kier alpha value is 0.133. The van der Waals surface area contributed by atoms with Crippen LogP contribution in [0.5, 0.6) is 0 Å². The molecule has 0 aromatic rings. The molecule has 0 aliphatic heterocycles. The number of carbonyl (C=O) groups is 3. The molecule has 0 saturated heterocycles. The summed E-state index contributed by atoms with van der Waals surface area (Å²) in [6.07, 6.45) is -16.1. The molecule has 16 heteroatoms. The van der Waals surface area contributed by atoms with Gasteiger partial charge in [-0.25, -0.2) is 9.59 Å². The van der Waals surface area contributed by atoms with Gasteiger partial charge in [0, 0.05) is 19.5 Å². The van der Waals surface area contributed by atoms with Crippen molar-refractivity contribution in [3.8, 4) is 0 Å². The van der Waals surface area contributed by atoms with Crippen molar-refractivity contribution in [2.75, 3.05) is 6.61 Å². The molecule has 0 spiro atoms. The van der Waals surface area contributed by atoms with Gasteiger partial charge in [0.1, 0.15) is 36.6 Å². The molecule has 0 amide bonds. The van der Waals surface area contributed by atoms with Crippen molar-refractivity contribution in [1.82, 2.24) is 0 Å². The third kappa shape index (κ3) is 12.6. The van der Waals surface area contributed by atoms with Gasteiger partial charge in [0.25, 0.3) is 0 Å². The summed E-state index contributed by atoms with van der Waals surface area (Å²) in [5.74, 6) is -3.68. The van der Waals surface area contributed by atoms with E-state index in [4.69, 9.17) is 56.2 Å². The zero-order valence-electron chi connectivity index (χ0n) is 16.5. The number of rotatable bonds is 10. The van der Waals surface area contributed by atoms with E-state index in [2.05, 4.69) is 0 Å². The largest absolute Gasteiger partial charge is 2.00 e. The molecule has 160 valence electrons. The fraction of sp³-hybridized carbons (Fsp3) is 0.750. The topological polar surface area (TPSA) is 274 Å². The zero-order valence-corrected chi connectivity index (χ0v) is 19.6. The molecular formula is C12H24CaO14Zn. The van der Waals surface area contributed by atoms with Crippen molar-refractivity contribution in [3.63, 3.8) is 0 Å². The molecule has 0 aliphatic rings. The second kappa shape index (κ2) is 17.9. The van der Waals surface area contributed by atoms with Gasteiger partial charge < -0.3 is 63.8 Å². The number of aliphatic hydroxyl groups excluding tert-OH is 9.